The average Bonchev–Trinajstić information content (AvgIpc) is 2.70. The van der Waals surface area contributed by atoms with Crippen LogP contribution in [0.15, 0.2) is 23.2 Å². The Hall–Kier alpha value is -2.29. The molecule has 1 aromatic carbocycles. The molecule has 0 saturated carbocycles. The van der Waals surface area contributed by atoms with Crippen LogP contribution in [0.2, 0.25) is 5.02 Å². The van der Waals surface area contributed by atoms with E-state index in [1.165, 1.54) is 23.1 Å². The molecule has 1 unspecified atom stereocenters. The number of carbonyl (C=O) groups excluding carboxylic acids is 2. The Morgan fingerprint density at radius 2 is 2.00 bits per heavy atom. The molecule has 0 radical (unpaired) electrons. The van der Waals surface area contributed by atoms with Gasteiger partial charge in [-0.2, -0.15) is 18.2 Å². The number of guanidine groups is 1. The molecule has 25 heavy (non-hydrogen) atoms. The molecule has 1 aliphatic rings. The third kappa shape index (κ3) is 4.85. The average molecular weight is 377 g/mol. The number of benzene rings is 1. The van der Waals surface area contributed by atoms with Gasteiger partial charge in [-0.15, -0.1) is 0 Å². The third-order valence-electron chi connectivity index (χ3n) is 3.72. The van der Waals surface area contributed by atoms with Gasteiger partial charge in [0.05, 0.1) is 12.5 Å². The number of fused-ring (bicyclic) bond motifs is 1. The van der Waals surface area contributed by atoms with Gasteiger partial charge in [0.2, 0.25) is 0 Å². The van der Waals surface area contributed by atoms with E-state index in [1.807, 2.05) is 0 Å². The number of hydrogen-bond acceptors (Lipinski definition) is 2. The fourth-order valence-electron chi connectivity index (χ4n) is 2.75. The first-order valence-electron chi connectivity index (χ1n) is 7.38. The lowest BCUT2D eigenvalue weighted by Crippen LogP contribution is -2.31. The van der Waals surface area contributed by atoms with Gasteiger partial charge >= 0.3 is 6.18 Å². The standard InChI is InChI=1S/C15H16ClF3N4O2/c16-8-2-3-9-10(6-8)11(7-12(24)22-14(20)21)23(13(9)25)5-1-4-15(17,18)19/h2-3,6,11H,1,4-5,7H2,(H4,20,21,22,24). The Balaban J connectivity index is 2.25. The van der Waals surface area contributed by atoms with Crippen molar-refractivity contribution in [3.63, 3.8) is 0 Å². The van der Waals surface area contributed by atoms with Crippen LogP contribution in [0.4, 0.5) is 13.2 Å². The van der Waals surface area contributed by atoms with Crippen molar-refractivity contribution in [1.29, 1.82) is 0 Å². The predicted octanol–water partition coefficient (Wildman–Crippen LogP) is 2.37. The van der Waals surface area contributed by atoms with Gasteiger partial charge < -0.3 is 16.4 Å². The van der Waals surface area contributed by atoms with Crippen LogP contribution >= 0.6 is 11.6 Å². The maximum Gasteiger partial charge on any atom is 0.389 e. The van der Waals surface area contributed by atoms with E-state index in [0.29, 0.717) is 16.1 Å². The van der Waals surface area contributed by atoms with Crippen molar-refractivity contribution in [2.45, 2.75) is 31.5 Å². The summed E-state index contributed by atoms with van der Waals surface area (Å²) in [7, 11) is 0. The highest BCUT2D eigenvalue weighted by atomic mass is 35.5. The number of carbonyl (C=O) groups is 2. The number of nitrogens with zero attached hydrogens (tertiary/aromatic N) is 2. The summed E-state index contributed by atoms with van der Waals surface area (Å²) in [6.07, 6.45) is -5.86. The number of alkyl halides is 3. The molecule has 1 atom stereocenters. The molecule has 1 aliphatic heterocycles. The van der Waals surface area contributed by atoms with Gasteiger partial charge in [0.25, 0.3) is 11.8 Å². The van der Waals surface area contributed by atoms with Crippen molar-refractivity contribution < 1.29 is 22.8 Å². The van der Waals surface area contributed by atoms with Crippen LogP contribution < -0.4 is 11.5 Å². The number of nitrogens with two attached hydrogens (primary N) is 2. The number of aliphatic imine (C=N–C) groups is 1. The first kappa shape index (κ1) is 19.0. The summed E-state index contributed by atoms with van der Waals surface area (Å²) in [6.45, 7) is -0.148. The van der Waals surface area contributed by atoms with E-state index in [9.17, 15) is 22.8 Å². The SMILES string of the molecule is NC(N)=NC(=O)CC1c2cc(Cl)ccc2C(=O)N1CCCC(F)(F)F. The molecule has 0 fully saturated rings. The zero-order chi connectivity index (χ0) is 18.8. The second-order valence-corrected chi connectivity index (χ2v) is 6.04. The Labute approximate surface area is 146 Å². The van der Waals surface area contributed by atoms with Crippen molar-refractivity contribution in [3.8, 4) is 0 Å². The fourth-order valence-corrected chi connectivity index (χ4v) is 2.93. The summed E-state index contributed by atoms with van der Waals surface area (Å²) in [4.78, 5) is 29.0. The molecule has 10 heteroatoms. The lowest BCUT2D eigenvalue weighted by molar-refractivity contribution is -0.136. The molecule has 0 spiro atoms. The molecule has 6 nitrogen and oxygen atoms in total. The van der Waals surface area contributed by atoms with E-state index in [0.717, 1.165) is 0 Å². The van der Waals surface area contributed by atoms with Crippen molar-refractivity contribution in [3.05, 3.63) is 34.3 Å². The molecule has 0 bridgehead atoms. The van der Waals surface area contributed by atoms with Crippen molar-refractivity contribution in [2.75, 3.05) is 6.54 Å². The van der Waals surface area contributed by atoms with Crippen LogP contribution in [0, 0.1) is 0 Å². The van der Waals surface area contributed by atoms with Gasteiger partial charge in [0, 0.05) is 23.6 Å². The van der Waals surface area contributed by atoms with Crippen molar-refractivity contribution >= 4 is 29.4 Å². The molecular weight excluding hydrogens is 361 g/mol. The van der Waals surface area contributed by atoms with Gasteiger partial charge in [-0.25, -0.2) is 0 Å². The smallest absolute Gasteiger partial charge is 0.370 e. The summed E-state index contributed by atoms with van der Waals surface area (Å²) in [5, 5.41) is 0.350. The molecular formula is C15H16ClF3N4O2. The first-order chi connectivity index (χ1) is 11.6. The van der Waals surface area contributed by atoms with Crippen LogP contribution in [0.3, 0.4) is 0 Å². The summed E-state index contributed by atoms with van der Waals surface area (Å²) in [6, 6.07) is 3.75. The topological polar surface area (TPSA) is 102 Å². The molecule has 1 aromatic rings. The van der Waals surface area contributed by atoms with Crippen LogP contribution in [0.5, 0.6) is 0 Å². The zero-order valence-electron chi connectivity index (χ0n) is 13.0. The Kier molecular flexibility index (Phi) is 5.56. The zero-order valence-corrected chi connectivity index (χ0v) is 13.8. The highest BCUT2D eigenvalue weighted by molar-refractivity contribution is 6.30. The minimum absolute atomic E-state index is 0.148. The normalized spacial score (nSPS) is 16.7. The lowest BCUT2D eigenvalue weighted by Gasteiger charge is -2.24. The van der Waals surface area contributed by atoms with Gasteiger partial charge in [-0.1, -0.05) is 11.6 Å². The molecule has 0 aromatic heterocycles. The maximum atomic E-state index is 12.5. The minimum atomic E-state index is -4.32. The van der Waals surface area contributed by atoms with E-state index >= 15 is 0 Å². The van der Waals surface area contributed by atoms with E-state index in [4.69, 9.17) is 23.1 Å². The monoisotopic (exact) mass is 376 g/mol. The second-order valence-electron chi connectivity index (χ2n) is 5.60. The lowest BCUT2D eigenvalue weighted by atomic mass is 10.0. The molecule has 0 aliphatic carbocycles. The van der Waals surface area contributed by atoms with Crippen LogP contribution in [-0.2, 0) is 4.79 Å². The highest BCUT2D eigenvalue weighted by Crippen LogP contribution is 2.38. The summed E-state index contributed by atoms with van der Waals surface area (Å²) in [5.41, 5.74) is 11.1. The second kappa shape index (κ2) is 7.30. The molecule has 2 rings (SSSR count). The summed E-state index contributed by atoms with van der Waals surface area (Å²) >= 11 is 5.94. The highest BCUT2D eigenvalue weighted by Gasteiger charge is 2.38. The van der Waals surface area contributed by atoms with Crippen LogP contribution in [-0.4, -0.2) is 35.4 Å². The summed E-state index contributed by atoms with van der Waals surface area (Å²) in [5.74, 6) is -1.55. The third-order valence-corrected chi connectivity index (χ3v) is 3.96. The Morgan fingerprint density at radius 1 is 1.32 bits per heavy atom. The fraction of sp³-hybridized carbons (Fsp3) is 0.400. The van der Waals surface area contributed by atoms with Crippen LogP contribution in [0.1, 0.15) is 41.2 Å². The quantitative estimate of drug-likeness (QED) is 0.608. The van der Waals surface area contributed by atoms with Gasteiger partial charge in [0.1, 0.15) is 0 Å². The molecule has 0 saturated heterocycles. The van der Waals surface area contributed by atoms with Gasteiger partial charge in [-0.3, -0.25) is 9.59 Å². The van der Waals surface area contributed by atoms with Crippen molar-refractivity contribution in [1.82, 2.24) is 4.90 Å². The Bertz CT molecular complexity index is 717. The predicted molar refractivity (Wildman–Crippen MR) is 86.0 cm³/mol. The molecule has 2 amide bonds. The number of hydrogen-bond donors (Lipinski definition) is 2. The van der Waals surface area contributed by atoms with Gasteiger partial charge in [0.15, 0.2) is 5.96 Å². The number of halogens is 4. The number of rotatable bonds is 5. The van der Waals surface area contributed by atoms with E-state index in [2.05, 4.69) is 4.99 Å². The first-order valence-corrected chi connectivity index (χ1v) is 7.76. The van der Waals surface area contributed by atoms with Crippen LogP contribution in [0.25, 0.3) is 0 Å². The molecule has 1 heterocycles. The largest absolute Gasteiger partial charge is 0.389 e. The van der Waals surface area contributed by atoms with E-state index in [-0.39, 0.29) is 19.4 Å². The maximum absolute atomic E-state index is 12.5. The van der Waals surface area contributed by atoms with Gasteiger partial charge in [-0.05, 0) is 30.2 Å². The van der Waals surface area contributed by atoms with E-state index < -0.39 is 36.4 Å². The molecule has 136 valence electrons. The Morgan fingerprint density at radius 3 is 2.60 bits per heavy atom. The minimum Gasteiger partial charge on any atom is -0.370 e. The summed E-state index contributed by atoms with van der Waals surface area (Å²) < 4.78 is 37.1. The number of amides is 2. The van der Waals surface area contributed by atoms with Crippen molar-refractivity contribution in [2.24, 2.45) is 16.5 Å². The van der Waals surface area contributed by atoms with E-state index in [1.54, 1.807) is 0 Å². The molecule has 4 N–H and O–H groups in total.